The normalized spacial score (nSPS) is 9.73. The van der Waals surface area contributed by atoms with E-state index in [0.717, 1.165) is 22.4 Å². The van der Waals surface area contributed by atoms with Crippen molar-refractivity contribution in [1.29, 1.82) is 0 Å². The molecule has 2 aromatic carbocycles. The number of carbonyl (C=O) groups excluding carboxylic acids is 1. The molecule has 2 rings (SSSR count). The molecule has 0 heterocycles. The molecule has 2 aromatic rings. The highest BCUT2D eigenvalue weighted by molar-refractivity contribution is 6.33. The predicted molar refractivity (Wildman–Crippen MR) is 94.1 cm³/mol. The topological polar surface area (TPSA) is 26.3 Å². The van der Waals surface area contributed by atoms with Gasteiger partial charge in [0.25, 0.3) is 0 Å². The molecule has 0 fully saturated rings. The molecule has 0 spiro atoms. The summed E-state index contributed by atoms with van der Waals surface area (Å²) in [7, 11) is 0. The van der Waals surface area contributed by atoms with E-state index in [4.69, 9.17) is 16.3 Å². The molecule has 0 aliphatic carbocycles. The summed E-state index contributed by atoms with van der Waals surface area (Å²) in [5, 5.41) is 0.626. The summed E-state index contributed by atoms with van der Waals surface area (Å²) in [5.41, 5.74) is 3.53. The van der Waals surface area contributed by atoms with Crippen LogP contribution in [0.5, 0.6) is 5.75 Å². The van der Waals surface area contributed by atoms with Crippen LogP contribution in [0.4, 0.5) is 0 Å². The van der Waals surface area contributed by atoms with E-state index in [9.17, 15) is 4.79 Å². The van der Waals surface area contributed by atoms with Gasteiger partial charge in [-0.15, -0.1) is 0 Å². The number of ether oxygens (including phenoxy) is 1. The van der Waals surface area contributed by atoms with Gasteiger partial charge >= 0.3 is 0 Å². The lowest BCUT2D eigenvalue weighted by atomic mass is 10.00. The zero-order valence-corrected chi connectivity index (χ0v) is 14.6. The number of hydrogen-bond acceptors (Lipinski definition) is 2. The smallest absolute Gasteiger partial charge is 0.159 e. The third kappa shape index (κ3) is 4.35. The number of carbonyl (C=O) groups is 1. The Morgan fingerprint density at radius 3 is 2.41 bits per heavy atom. The molecule has 0 saturated carbocycles. The minimum atomic E-state index is 0.0278. The zero-order chi connectivity index (χ0) is 16.7. The van der Waals surface area contributed by atoms with Gasteiger partial charge in [0, 0.05) is 16.1 Å². The Morgan fingerprint density at radius 2 is 1.82 bits per heavy atom. The average molecular weight is 319 g/mol. The summed E-state index contributed by atoms with van der Waals surface area (Å²) in [5.74, 6) is 0.870. The Kier molecular flexibility index (Phi) is 7.13. The maximum atomic E-state index is 11.5. The largest absolute Gasteiger partial charge is 0.494 e. The molecule has 0 saturated heterocycles. The van der Waals surface area contributed by atoms with Crippen molar-refractivity contribution in [3.8, 4) is 16.9 Å². The van der Waals surface area contributed by atoms with Crippen molar-refractivity contribution in [2.24, 2.45) is 0 Å². The van der Waals surface area contributed by atoms with E-state index >= 15 is 0 Å². The molecular formula is C19H23ClO2. The first-order valence-corrected chi connectivity index (χ1v) is 7.95. The van der Waals surface area contributed by atoms with Crippen LogP contribution < -0.4 is 4.74 Å². The summed E-state index contributed by atoms with van der Waals surface area (Å²) in [6.07, 6.45) is 0. The van der Waals surface area contributed by atoms with Crippen LogP contribution in [-0.4, -0.2) is 12.4 Å². The minimum Gasteiger partial charge on any atom is -0.494 e. The van der Waals surface area contributed by atoms with Crippen molar-refractivity contribution in [1.82, 2.24) is 0 Å². The number of hydrogen-bond donors (Lipinski definition) is 0. The van der Waals surface area contributed by atoms with E-state index in [1.54, 1.807) is 19.1 Å². The molecule has 0 radical (unpaired) electrons. The summed E-state index contributed by atoms with van der Waals surface area (Å²) in [4.78, 5) is 11.5. The third-order valence-electron chi connectivity index (χ3n) is 3.17. The quantitative estimate of drug-likeness (QED) is 0.652. The average Bonchev–Trinajstić information content (AvgIpc) is 2.52. The fourth-order valence-corrected chi connectivity index (χ4v) is 2.27. The summed E-state index contributed by atoms with van der Waals surface area (Å²) in [6.45, 7) is 10.1. The van der Waals surface area contributed by atoms with Crippen LogP contribution in [0.1, 0.15) is 43.6 Å². The van der Waals surface area contributed by atoms with Crippen LogP contribution >= 0.6 is 11.6 Å². The Hall–Kier alpha value is -1.80. The molecule has 0 unspecified atom stereocenters. The van der Waals surface area contributed by atoms with Crippen molar-refractivity contribution >= 4 is 17.4 Å². The van der Waals surface area contributed by atoms with Crippen molar-refractivity contribution in [3.63, 3.8) is 0 Å². The van der Waals surface area contributed by atoms with E-state index in [1.165, 1.54) is 0 Å². The standard InChI is InChI=1S/C17H17ClO2.C2H6/c1-4-20-17-10-14(6-5-11(17)2)15-9-13(12(3)19)7-8-16(15)18;1-2/h5-10H,4H2,1-3H3;1-2H3. The molecule has 0 N–H and O–H groups in total. The van der Waals surface area contributed by atoms with Crippen molar-refractivity contribution < 1.29 is 9.53 Å². The molecule has 22 heavy (non-hydrogen) atoms. The lowest BCUT2D eigenvalue weighted by molar-refractivity contribution is 0.101. The van der Waals surface area contributed by atoms with Crippen LogP contribution in [0.15, 0.2) is 36.4 Å². The number of aryl methyl sites for hydroxylation is 1. The molecule has 2 nitrogen and oxygen atoms in total. The molecule has 3 heteroatoms. The lowest BCUT2D eigenvalue weighted by Gasteiger charge is -2.11. The maximum absolute atomic E-state index is 11.5. The Morgan fingerprint density at radius 1 is 1.14 bits per heavy atom. The molecule has 0 aliphatic heterocycles. The van der Waals surface area contributed by atoms with Gasteiger partial charge in [-0.25, -0.2) is 0 Å². The highest BCUT2D eigenvalue weighted by Gasteiger charge is 2.09. The number of halogens is 1. The highest BCUT2D eigenvalue weighted by Crippen LogP contribution is 2.32. The van der Waals surface area contributed by atoms with E-state index in [0.29, 0.717) is 17.2 Å². The number of Topliss-reactive ketones (excluding diaryl/α,β-unsaturated/α-hetero) is 1. The van der Waals surface area contributed by atoms with E-state index in [1.807, 2.05) is 52.0 Å². The fourth-order valence-electron chi connectivity index (χ4n) is 2.04. The summed E-state index contributed by atoms with van der Waals surface area (Å²) >= 11 is 6.25. The van der Waals surface area contributed by atoms with Crippen molar-refractivity contribution in [2.75, 3.05) is 6.61 Å². The second-order valence-corrected chi connectivity index (χ2v) is 5.07. The van der Waals surface area contributed by atoms with Crippen LogP contribution in [0, 0.1) is 6.92 Å². The Bertz CT molecular complexity index is 648. The lowest BCUT2D eigenvalue weighted by Crippen LogP contribution is -1.96. The Balaban J connectivity index is 0.00000116. The summed E-state index contributed by atoms with van der Waals surface area (Å²) in [6, 6.07) is 11.3. The summed E-state index contributed by atoms with van der Waals surface area (Å²) < 4.78 is 5.61. The van der Waals surface area contributed by atoms with Gasteiger partial charge in [0.1, 0.15) is 5.75 Å². The first kappa shape index (κ1) is 18.2. The molecule has 0 aliphatic rings. The van der Waals surface area contributed by atoms with E-state index < -0.39 is 0 Å². The second kappa shape index (κ2) is 8.60. The van der Waals surface area contributed by atoms with Gasteiger partial charge in [0.05, 0.1) is 6.61 Å². The third-order valence-corrected chi connectivity index (χ3v) is 3.50. The van der Waals surface area contributed by atoms with Gasteiger partial charge in [0.2, 0.25) is 0 Å². The zero-order valence-electron chi connectivity index (χ0n) is 13.9. The molecule has 0 atom stereocenters. The van der Waals surface area contributed by atoms with Gasteiger partial charge < -0.3 is 4.74 Å². The predicted octanol–water partition coefficient (Wildman–Crippen LogP) is 5.94. The fraction of sp³-hybridized carbons (Fsp3) is 0.316. The van der Waals surface area contributed by atoms with E-state index in [-0.39, 0.29) is 5.78 Å². The van der Waals surface area contributed by atoms with Crippen LogP contribution in [-0.2, 0) is 0 Å². The van der Waals surface area contributed by atoms with Crippen molar-refractivity contribution in [3.05, 3.63) is 52.5 Å². The number of benzene rings is 2. The van der Waals surface area contributed by atoms with Gasteiger partial charge in [-0.3, -0.25) is 4.79 Å². The Labute approximate surface area is 138 Å². The molecule has 0 aromatic heterocycles. The first-order valence-electron chi connectivity index (χ1n) is 7.57. The maximum Gasteiger partial charge on any atom is 0.159 e. The van der Waals surface area contributed by atoms with Gasteiger partial charge in [-0.05, 0) is 56.2 Å². The van der Waals surface area contributed by atoms with Gasteiger partial charge in [-0.2, -0.15) is 0 Å². The molecule has 0 bridgehead atoms. The molecule has 118 valence electrons. The SMILES string of the molecule is CC.CCOc1cc(-c2cc(C(C)=O)ccc2Cl)ccc1C. The second-order valence-electron chi connectivity index (χ2n) is 4.66. The van der Waals surface area contributed by atoms with Crippen molar-refractivity contribution in [2.45, 2.75) is 34.6 Å². The van der Waals surface area contributed by atoms with Crippen LogP contribution in [0.2, 0.25) is 5.02 Å². The highest BCUT2D eigenvalue weighted by atomic mass is 35.5. The molecule has 0 amide bonds. The first-order chi connectivity index (χ1) is 10.5. The monoisotopic (exact) mass is 318 g/mol. The van der Waals surface area contributed by atoms with E-state index in [2.05, 4.69) is 0 Å². The number of ketones is 1. The van der Waals surface area contributed by atoms with Crippen LogP contribution in [0.3, 0.4) is 0 Å². The van der Waals surface area contributed by atoms with Gasteiger partial charge in [0.15, 0.2) is 5.78 Å². The molecular weight excluding hydrogens is 296 g/mol. The minimum absolute atomic E-state index is 0.0278. The van der Waals surface area contributed by atoms with Crippen LogP contribution in [0.25, 0.3) is 11.1 Å². The number of rotatable bonds is 4. The van der Waals surface area contributed by atoms with Gasteiger partial charge in [-0.1, -0.05) is 37.6 Å².